The Bertz CT molecular complexity index is 318. The van der Waals surface area contributed by atoms with E-state index in [1.165, 1.54) is 11.5 Å². The average molecular weight is 259 g/mol. The fourth-order valence-electron chi connectivity index (χ4n) is 1.44. The molecule has 0 aliphatic carbocycles. The van der Waals surface area contributed by atoms with Crippen molar-refractivity contribution in [2.75, 3.05) is 37.9 Å². The van der Waals surface area contributed by atoms with Crippen LogP contribution >= 0.6 is 11.5 Å². The van der Waals surface area contributed by atoms with Crippen molar-refractivity contribution in [1.29, 1.82) is 0 Å². The Labute approximate surface area is 106 Å². The van der Waals surface area contributed by atoms with E-state index in [4.69, 9.17) is 15.2 Å². The molecule has 0 aliphatic heterocycles. The number of hydrogen-bond donors (Lipinski definition) is 2. The highest BCUT2D eigenvalue weighted by Gasteiger charge is 2.11. The smallest absolute Gasteiger partial charge is 0.197 e. The van der Waals surface area contributed by atoms with Crippen LogP contribution in [-0.4, -0.2) is 31.2 Å². The zero-order valence-electron chi connectivity index (χ0n) is 10.5. The molecule has 0 saturated carbocycles. The van der Waals surface area contributed by atoms with Crippen molar-refractivity contribution in [2.24, 2.45) is 0 Å². The van der Waals surface area contributed by atoms with Crippen LogP contribution in [0, 0.1) is 0 Å². The van der Waals surface area contributed by atoms with E-state index in [0.29, 0.717) is 18.2 Å². The molecule has 0 aliphatic rings. The fourth-order valence-corrected chi connectivity index (χ4v) is 2.13. The summed E-state index contributed by atoms with van der Waals surface area (Å²) in [6.07, 6.45) is 3.35. The predicted octanol–water partition coefficient (Wildman–Crippen LogP) is 2.35. The first kappa shape index (κ1) is 14.1. The molecule has 17 heavy (non-hydrogen) atoms. The van der Waals surface area contributed by atoms with Crippen molar-refractivity contribution in [2.45, 2.75) is 26.2 Å². The number of nitrogens with two attached hydrogens (primary N) is 1. The quantitative estimate of drug-likeness (QED) is 0.666. The number of unbranched alkanes of at least 4 members (excludes halogenated alkanes) is 2. The molecule has 3 N–H and O–H groups in total. The monoisotopic (exact) mass is 259 g/mol. The average Bonchev–Trinajstić information content (AvgIpc) is 2.66. The van der Waals surface area contributed by atoms with Crippen LogP contribution in [0.2, 0.25) is 0 Å². The summed E-state index contributed by atoms with van der Waals surface area (Å²) in [6.45, 7) is 4.28. The van der Waals surface area contributed by atoms with Crippen molar-refractivity contribution in [3.8, 4) is 5.75 Å². The Morgan fingerprint density at radius 2 is 2.18 bits per heavy atom. The van der Waals surface area contributed by atoms with Crippen LogP contribution in [0.15, 0.2) is 0 Å². The minimum atomic E-state index is 0.471. The van der Waals surface area contributed by atoms with E-state index in [9.17, 15) is 0 Å². The lowest BCUT2D eigenvalue weighted by Gasteiger charge is -2.07. The zero-order chi connectivity index (χ0) is 12.5. The van der Waals surface area contributed by atoms with E-state index >= 15 is 0 Å². The normalized spacial score (nSPS) is 10.5. The molecule has 98 valence electrons. The van der Waals surface area contributed by atoms with Gasteiger partial charge in [-0.25, -0.2) is 0 Å². The Morgan fingerprint density at radius 3 is 2.88 bits per heavy atom. The molecule has 6 heteroatoms. The summed E-state index contributed by atoms with van der Waals surface area (Å²) in [5.74, 6) is 1.16. The van der Waals surface area contributed by atoms with Crippen LogP contribution in [0.3, 0.4) is 0 Å². The van der Waals surface area contributed by atoms with Gasteiger partial charge >= 0.3 is 0 Å². The molecule has 0 saturated heterocycles. The zero-order valence-corrected chi connectivity index (χ0v) is 11.3. The Hall–Kier alpha value is -1.01. The molecule has 1 aromatic rings. The number of methoxy groups -OCH3 is 1. The maximum absolute atomic E-state index is 5.72. The van der Waals surface area contributed by atoms with Gasteiger partial charge in [0.2, 0.25) is 0 Å². The van der Waals surface area contributed by atoms with Gasteiger partial charge in [0.25, 0.3) is 0 Å². The molecular weight excluding hydrogens is 238 g/mol. The van der Waals surface area contributed by atoms with Gasteiger partial charge in [0.1, 0.15) is 0 Å². The lowest BCUT2D eigenvalue weighted by Crippen LogP contribution is -2.03. The lowest BCUT2D eigenvalue weighted by molar-refractivity contribution is 0.192. The second-order valence-corrected chi connectivity index (χ2v) is 4.41. The molecule has 1 aromatic heterocycles. The number of nitrogen functional groups attached to an aromatic ring is 1. The second kappa shape index (κ2) is 8.14. The summed E-state index contributed by atoms with van der Waals surface area (Å²) in [4.78, 5) is 0. The summed E-state index contributed by atoms with van der Waals surface area (Å²) in [5.41, 5.74) is 5.72. The van der Waals surface area contributed by atoms with Crippen LogP contribution in [0.25, 0.3) is 0 Å². The molecule has 0 amide bonds. The summed E-state index contributed by atoms with van der Waals surface area (Å²) in [7, 11) is 1.73. The van der Waals surface area contributed by atoms with Gasteiger partial charge in [-0.2, -0.15) is 4.37 Å². The molecule has 1 heterocycles. The largest absolute Gasteiger partial charge is 0.487 e. The van der Waals surface area contributed by atoms with Gasteiger partial charge in [0.15, 0.2) is 16.6 Å². The molecule has 0 atom stereocenters. The highest BCUT2D eigenvalue weighted by atomic mass is 32.1. The van der Waals surface area contributed by atoms with E-state index in [-0.39, 0.29) is 0 Å². The first-order valence-electron chi connectivity index (χ1n) is 5.90. The maximum atomic E-state index is 5.72. The van der Waals surface area contributed by atoms with E-state index in [0.717, 1.165) is 37.4 Å². The molecule has 0 unspecified atom stereocenters. The fraction of sp³-hybridized carbons (Fsp3) is 0.727. The Kier molecular flexibility index (Phi) is 6.73. The van der Waals surface area contributed by atoms with Crippen LogP contribution in [-0.2, 0) is 4.74 Å². The molecule has 0 radical (unpaired) electrons. The van der Waals surface area contributed by atoms with Gasteiger partial charge in [0.05, 0.1) is 6.61 Å². The molecule has 1 rings (SSSR count). The van der Waals surface area contributed by atoms with Crippen LogP contribution in [0.5, 0.6) is 5.75 Å². The highest BCUT2D eigenvalue weighted by Crippen LogP contribution is 2.34. The number of nitrogens with zero attached hydrogens (tertiary/aromatic N) is 1. The Balaban J connectivity index is 2.26. The SMILES string of the molecule is CCOc1c(N)nsc1NCCCCCOC. The third kappa shape index (κ3) is 4.79. The van der Waals surface area contributed by atoms with Crippen LogP contribution < -0.4 is 15.8 Å². The number of anilines is 2. The molecule has 0 aromatic carbocycles. The third-order valence-corrected chi connectivity index (χ3v) is 3.07. The van der Waals surface area contributed by atoms with Crippen molar-refractivity contribution < 1.29 is 9.47 Å². The summed E-state index contributed by atoms with van der Waals surface area (Å²) in [6, 6.07) is 0. The molecule has 0 bridgehead atoms. The van der Waals surface area contributed by atoms with Crippen molar-refractivity contribution in [3.63, 3.8) is 0 Å². The van der Waals surface area contributed by atoms with Crippen molar-refractivity contribution in [3.05, 3.63) is 0 Å². The minimum Gasteiger partial charge on any atom is -0.487 e. The second-order valence-electron chi connectivity index (χ2n) is 3.64. The molecular formula is C11H21N3O2S. The predicted molar refractivity (Wildman–Crippen MR) is 71.9 cm³/mol. The van der Waals surface area contributed by atoms with Gasteiger partial charge in [-0.3, -0.25) is 0 Å². The number of ether oxygens (including phenoxy) is 2. The summed E-state index contributed by atoms with van der Waals surface area (Å²) in [5, 5.41) is 4.23. The van der Waals surface area contributed by atoms with E-state index in [1.807, 2.05) is 6.92 Å². The standard InChI is InChI=1S/C11H21N3O2S/c1-3-16-9-10(12)14-17-11(9)13-7-5-4-6-8-15-2/h13H,3-8H2,1-2H3,(H2,12,14). The first-order chi connectivity index (χ1) is 8.29. The van der Waals surface area contributed by atoms with Gasteiger partial charge in [-0.15, -0.1) is 0 Å². The van der Waals surface area contributed by atoms with Gasteiger partial charge in [-0.1, -0.05) is 0 Å². The van der Waals surface area contributed by atoms with Crippen LogP contribution in [0.4, 0.5) is 10.8 Å². The topological polar surface area (TPSA) is 69.4 Å². The van der Waals surface area contributed by atoms with Gasteiger partial charge in [0, 0.05) is 20.3 Å². The van der Waals surface area contributed by atoms with Crippen molar-refractivity contribution >= 4 is 22.4 Å². The molecule has 0 fully saturated rings. The maximum Gasteiger partial charge on any atom is 0.197 e. The molecule has 0 spiro atoms. The summed E-state index contributed by atoms with van der Waals surface area (Å²) < 4.78 is 14.5. The van der Waals surface area contributed by atoms with Crippen molar-refractivity contribution in [1.82, 2.24) is 4.37 Å². The van der Waals surface area contributed by atoms with Gasteiger partial charge < -0.3 is 20.5 Å². The van der Waals surface area contributed by atoms with E-state index in [1.54, 1.807) is 7.11 Å². The number of rotatable bonds is 9. The van der Waals surface area contributed by atoms with Crippen LogP contribution in [0.1, 0.15) is 26.2 Å². The van der Waals surface area contributed by atoms with E-state index < -0.39 is 0 Å². The highest BCUT2D eigenvalue weighted by molar-refractivity contribution is 7.11. The Morgan fingerprint density at radius 1 is 1.35 bits per heavy atom. The third-order valence-electron chi connectivity index (χ3n) is 2.27. The minimum absolute atomic E-state index is 0.471. The number of hydrogen-bond acceptors (Lipinski definition) is 6. The van der Waals surface area contributed by atoms with E-state index in [2.05, 4.69) is 9.69 Å². The van der Waals surface area contributed by atoms with Gasteiger partial charge in [-0.05, 0) is 37.7 Å². The number of aromatic nitrogens is 1. The first-order valence-corrected chi connectivity index (χ1v) is 6.67. The summed E-state index contributed by atoms with van der Waals surface area (Å²) >= 11 is 1.35. The lowest BCUT2D eigenvalue weighted by atomic mass is 10.2. The number of nitrogens with one attached hydrogen (secondary N) is 1. The molecule has 5 nitrogen and oxygen atoms in total.